The first-order chi connectivity index (χ1) is 15.6. The number of halogens is 1. The number of Topliss-reactive ketones (excluding diaryl/α,β-unsaturated/α-hetero) is 2. The number of H-pyrrole nitrogens is 1. The largest absolute Gasteiger partial charge is 0.463 e. The average Bonchev–Trinajstić information content (AvgIpc) is 2.78. The van der Waals surface area contributed by atoms with Crippen LogP contribution in [0, 0.1) is 10.1 Å². The third-order valence-electron chi connectivity index (χ3n) is 4.40. The number of ether oxygens (including phenoxy) is 1. The van der Waals surface area contributed by atoms with E-state index in [-0.39, 0.29) is 27.4 Å². The standard InChI is InChI=1S/C20H13ClN4O8/c1-33-20(30)17(27)14(15-18(28)24-13-7-9(21)5-6-12(13)23-15)16(26)19(29)22-10-3-2-4-11(8-10)25(31)32/h2-8,14H,1H3,(H,22,29)(H,24,28)/t14-/m0/s1. The minimum Gasteiger partial charge on any atom is -0.463 e. The second-order valence-electron chi connectivity index (χ2n) is 6.53. The summed E-state index contributed by atoms with van der Waals surface area (Å²) in [6.07, 6.45) is 0. The van der Waals surface area contributed by atoms with Gasteiger partial charge in [0.1, 0.15) is 11.6 Å². The molecule has 0 aliphatic rings. The molecule has 3 rings (SSSR count). The molecule has 0 fully saturated rings. The Morgan fingerprint density at radius 1 is 1.15 bits per heavy atom. The number of nitrogens with zero attached hydrogens (tertiary/aromatic N) is 2. The number of ketones is 2. The number of amides is 1. The zero-order valence-electron chi connectivity index (χ0n) is 16.7. The molecule has 0 bridgehead atoms. The molecule has 33 heavy (non-hydrogen) atoms. The summed E-state index contributed by atoms with van der Waals surface area (Å²) in [5.74, 6) is -8.10. The van der Waals surface area contributed by atoms with Crippen LogP contribution in [0.15, 0.2) is 47.3 Å². The molecule has 0 aliphatic carbocycles. The Kier molecular flexibility index (Phi) is 6.59. The first-order valence-electron chi connectivity index (χ1n) is 9.03. The number of benzene rings is 2. The van der Waals surface area contributed by atoms with Gasteiger partial charge in [0.05, 0.1) is 23.1 Å². The second-order valence-corrected chi connectivity index (χ2v) is 6.96. The molecule has 2 aromatic carbocycles. The molecule has 1 heterocycles. The second kappa shape index (κ2) is 9.36. The number of rotatable bonds is 7. The van der Waals surface area contributed by atoms with Crippen LogP contribution in [0.1, 0.15) is 11.6 Å². The lowest BCUT2D eigenvalue weighted by Gasteiger charge is -2.13. The van der Waals surface area contributed by atoms with Crippen molar-refractivity contribution in [2.75, 3.05) is 12.4 Å². The Labute approximate surface area is 188 Å². The Balaban J connectivity index is 2.04. The SMILES string of the molecule is COC(=O)C(=O)[C@H](C(=O)C(=O)Nc1cccc([N+](=O)[O-])c1)c1nc2ccc(Cl)cc2[nH]c1=O. The fourth-order valence-corrected chi connectivity index (χ4v) is 3.05. The van der Waals surface area contributed by atoms with Gasteiger partial charge in [-0.3, -0.25) is 29.3 Å². The first kappa shape index (κ1) is 23.2. The molecule has 0 saturated heterocycles. The van der Waals surface area contributed by atoms with Crippen LogP contribution in [0.25, 0.3) is 11.0 Å². The van der Waals surface area contributed by atoms with Gasteiger partial charge < -0.3 is 15.0 Å². The quantitative estimate of drug-likeness (QED) is 0.169. The van der Waals surface area contributed by atoms with Crippen molar-refractivity contribution in [1.82, 2.24) is 9.97 Å². The van der Waals surface area contributed by atoms with E-state index < -0.39 is 45.5 Å². The smallest absolute Gasteiger partial charge is 0.375 e. The number of methoxy groups -OCH3 is 1. The molecule has 13 heteroatoms. The van der Waals surface area contributed by atoms with Crippen LogP contribution in [-0.2, 0) is 23.9 Å². The highest BCUT2D eigenvalue weighted by Crippen LogP contribution is 2.21. The molecule has 1 aromatic heterocycles. The van der Waals surface area contributed by atoms with E-state index in [9.17, 15) is 34.1 Å². The summed E-state index contributed by atoms with van der Waals surface area (Å²) in [6, 6.07) is 8.87. The molecule has 0 radical (unpaired) electrons. The van der Waals surface area contributed by atoms with E-state index in [2.05, 4.69) is 20.0 Å². The number of carbonyl (C=O) groups is 4. The summed E-state index contributed by atoms with van der Waals surface area (Å²) in [7, 11) is 0.880. The Morgan fingerprint density at radius 3 is 2.55 bits per heavy atom. The summed E-state index contributed by atoms with van der Waals surface area (Å²) in [5, 5.41) is 13.3. The maximum atomic E-state index is 12.9. The number of anilines is 1. The summed E-state index contributed by atoms with van der Waals surface area (Å²) in [5.41, 5.74) is -1.89. The molecule has 1 amide bonds. The van der Waals surface area contributed by atoms with Crippen molar-refractivity contribution in [3.63, 3.8) is 0 Å². The van der Waals surface area contributed by atoms with E-state index >= 15 is 0 Å². The van der Waals surface area contributed by atoms with Crippen molar-refractivity contribution in [2.24, 2.45) is 0 Å². The van der Waals surface area contributed by atoms with E-state index in [4.69, 9.17) is 11.6 Å². The van der Waals surface area contributed by atoms with Crippen molar-refractivity contribution >= 4 is 57.5 Å². The van der Waals surface area contributed by atoms with Crippen LogP contribution in [0.4, 0.5) is 11.4 Å². The third-order valence-corrected chi connectivity index (χ3v) is 4.64. The number of hydrogen-bond donors (Lipinski definition) is 2. The lowest BCUT2D eigenvalue weighted by Crippen LogP contribution is -2.39. The van der Waals surface area contributed by atoms with E-state index in [1.165, 1.54) is 30.3 Å². The number of non-ortho nitro benzene ring substituents is 1. The first-order valence-corrected chi connectivity index (χ1v) is 9.41. The van der Waals surface area contributed by atoms with Crippen LogP contribution >= 0.6 is 11.6 Å². The average molecular weight is 473 g/mol. The molecule has 3 aromatic rings. The van der Waals surface area contributed by atoms with E-state index in [0.717, 1.165) is 19.2 Å². The highest BCUT2D eigenvalue weighted by molar-refractivity contribution is 6.52. The summed E-state index contributed by atoms with van der Waals surface area (Å²) in [4.78, 5) is 79.0. The minimum absolute atomic E-state index is 0.123. The maximum absolute atomic E-state index is 12.9. The van der Waals surface area contributed by atoms with Crippen molar-refractivity contribution in [3.05, 3.63) is 73.6 Å². The number of nitrogens with one attached hydrogen (secondary N) is 2. The van der Waals surface area contributed by atoms with Gasteiger partial charge in [-0.05, 0) is 24.3 Å². The van der Waals surface area contributed by atoms with E-state index in [1.54, 1.807) is 0 Å². The normalized spacial score (nSPS) is 11.5. The van der Waals surface area contributed by atoms with E-state index in [1.807, 2.05) is 0 Å². The zero-order valence-corrected chi connectivity index (χ0v) is 17.4. The number of fused-ring (bicyclic) bond motifs is 1. The van der Waals surface area contributed by atoms with Gasteiger partial charge >= 0.3 is 5.97 Å². The molecule has 0 spiro atoms. The number of esters is 1. The molecule has 0 aliphatic heterocycles. The van der Waals surface area contributed by atoms with Gasteiger partial charge in [0.2, 0.25) is 5.78 Å². The van der Waals surface area contributed by atoms with E-state index in [0.29, 0.717) is 0 Å². The summed E-state index contributed by atoms with van der Waals surface area (Å²) < 4.78 is 4.34. The minimum atomic E-state index is -2.22. The lowest BCUT2D eigenvalue weighted by molar-refractivity contribution is -0.384. The topological polar surface area (TPSA) is 178 Å². The van der Waals surface area contributed by atoms with Gasteiger partial charge in [-0.1, -0.05) is 17.7 Å². The zero-order chi connectivity index (χ0) is 24.3. The van der Waals surface area contributed by atoms with Crippen molar-refractivity contribution in [3.8, 4) is 0 Å². The number of hydrogen-bond acceptors (Lipinski definition) is 9. The summed E-state index contributed by atoms with van der Waals surface area (Å²) >= 11 is 5.87. The molecular weight excluding hydrogens is 460 g/mol. The van der Waals surface area contributed by atoms with Crippen LogP contribution in [0.5, 0.6) is 0 Å². The maximum Gasteiger partial charge on any atom is 0.375 e. The Hall–Kier alpha value is -4.45. The number of aromatic amines is 1. The van der Waals surface area contributed by atoms with Crippen LogP contribution in [0.3, 0.4) is 0 Å². The number of nitro groups is 1. The number of aromatic nitrogens is 2. The van der Waals surface area contributed by atoms with Gasteiger partial charge in [0, 0.05) is 22.8 Å². The van der Waals surface area contributed by atoms with Crippen LogP contribution in [0.2, 0.25) is 5.02 Å². The highest BCUT2D eigenvalue weighted by atomic mass is 35.5. The molecule has 0 unspecified atom stereocenters. The predicted molar refractivity (Wildman–Crippen MR) is 114 cm³/mol. The van der Waals surface area contributed by atoms with Crippen molar-refractivity contribution < 1.29 is 28.8 Å². The van der Waals surface area contributed by atoms with Crippen molar-refractivity contribution in [1.29, 1.82) is 0 Å². The molecule has 0 saturated carbocycles. The Morgan fingerprint density at radius 2 is 1.88 bits per heavy atom. The number of nitro benzene ring substituents is 1. The highest BCUT2D eigenvalue weighted by Gasteiger charge is 2.40. The predicted octanol–water partition coefficient (Wildman–Crippen LogP) is 1.52. The molecule has 2 N–H and O–H groups in total. The van der Waals surface area contributed by atoms with Gasteiger partial charge in [-0.2, -0.15) is 0 Å². The van der Waals surface area contributed by atoms with Crippen LogP contribution in [-0.4, -0.2) is 45.4 Å². The van der Waals surface area contributed by atoms with Gasteiger partial charge in [0.25, 0.3) is 22.9 Å². The monoisotopic (exact) mass is 472 g/mol. The number of carbonyl (C=O) groups excluding carboxylic acids is 4. The lowest BCUT2D eigenvalue weighted by atomic mass is 9.94. The van der Waals surface area contributed by atoms with Gasteiger partial charge in [-0.25, -0.2) is 9.78 Å². The molecule has 12 nitrogen and oxygen atoms in total. The Bertz CT molecular complexity index is 1380. The fourth-order valence-electron chi connectivity index (χ4n) is 2.88. The van der Waals surface area contributed by atoms with Gasteiger partial charge in [0.15, 0.2) is 0 Å². The molecule has 168 valence electrons. The van der Waals surface area contributed by atoms with Gasteiger partial charge in [-0.15, -0.1) is 0 Å². The molecule has 1 atom stereocenters. The van der Waals surface area contributed by atoms with Crippen LogP contribution < -0.4 is 10.9 Å². The molecular formula is C20H13ClN4O8. The van der Waals surface area contributed by atoms with Crippen molar-refractivity contribution in [2.45, 2.75) is 5.92 Å². The fraction of sp³-hybridized carbons (Fsp3) is 0.100. The third kappa shape index (κ3) is 4.91. The summed E-state index contributed by atoms with van der Waals surface area (Å²) in [6.45, 7) is 0.